The Kier molecular flexibility index (Phi) is 4.74. The molecule has 1 saturated heterocycles. The van der Waals surface area contributed by atoms with Crippen molar-refractivity contribution in [2.24, 2.45) is 0 Å². The van der Waals surface area contributed by atoms with Crippen molar-refractivity contribution in [3.05, 3.63) is 41.7 Å². The molecule has 1 aliphatic heterocycles. The zero-order valence-electron chi connectivity index (χ0n) is 15.5. The zero-order valence-corrected chi connectivity index (χ0v) is 15.5. The van der Waals surface area contributed by atoms with Crippen molar-refractivity contribution in [3.8, 4) is 29.1 Å². The van der Waals surface area contributed by atoms with E-state index in [1.165, 1.54) is 0 Å². The highest BCUT2D eigenvalue weighted by Gasteiger charge is 2.26. The first-order valence-electron chi connectivity index (χ1n) is 9.26. The molecule has 0 bridgehead atoms. The highest BCUT2D eigenvalue weighted by Crippen LogP contribution is 2.40. The third kappa shape index (κ3) is 2.97. The number of benzene rings is 1. The lowest BCUT2D eigenvalue weighted by Gasteiger charge is -2.21. The van der Waals surface area contributed by atoms with Crippen LogP contribution in [0.25, 0.3) is 22.2 Å². The van der Waals surface area contributed by atoms with Gasteiger partial charge in [0.1, 0.15) is 23.5 Å². The quantitative estimate of drug-likeness (QED) is 0.693. The number of anilines is 1. The normalized spacial score (nSPS) is 13.3. The van der Waals surface area contributed by atoms with Gasteiger partial charge in [-0.05, 0) is 25.3 Å². The molecule has 138 valence electrons. The summed E-state index contributed by atoms with van der Waals surface area (Å²) in [7, 11) is 0. The van der Waals surface area contributed by atoms with Gasteiger partial charge in [0.2, 0.25) is 11.7 Å². The minimum absolute atomic E-state index is 0.0630. The van der Waals surface area contributed by atoms with Crippen LogP contribution < -0.4 is 9.64 Å². The van der Waals surface area contributed by atoms with Crippen molar-refractivity contribution in [3.63, 3.8) is 0 Å². The molecule has 1 aromatic carbocycles. The molecule has 1 fully saturated rings. The monoisotopic (exact) mass is 370 g/mol. The molecule has 0 unspecified atom stereocenters. The van der Waals surface area contributed by atoms with Crippen molar-refractivity contribution in [2.75, 3.05) is 24.6 Å². The van der Waals surface area contributed by atoms with Crippen LogP contribution in [0, 0.1) is 22.7 Å². The molecular formula is C21H18N6O. The Balaban J connectivity index is 2.15. The molecule has 0 radical (unpaired) electrons. The van der Waals surface area contributed by atoms with Crippen molar-refractivity contribution >= 4 is 16.9 Å². The number of hydrogen-bond acceptors (Lipinski definition) is 7. The van der Waals surface area contributed by atoms with Gasteiger partial charge in [-0.25, -0.2) is 4.98 Å². The lowest BCUT2D eigenvalue weighted by Crippen LogP contribution is -2.21. The summed E-state index contributed by atoms with van der Waals surface area (Å²) in [6.07, 6.45) is 2.12. The Bertz CT molecular complexity index is 1110. The topological polar surface area (TPSA) is 98.7 Å². The van der Waals surface area contributed by atoms with Gasteiger partial charge in [-0.2, -0.15) is 20.5 Å². The third-order valence-electron chi connectivity index (χ3n) is 4.75. The average Bonchev–Trinajstić information content (AvgIpc) is 3.27. The Morgan fingerprint density at radius 2 is 1.79 bits per heavy atom. The Labute approximate surface area is 162 Å². The summed E-state index contributed by atoms with van der Waals surface area (Å²) in [5.74, 6) is 0.948. The first kappa shape index (κ1) is 17.7. The van der Waals surface area contributed by atoms with E-state index in [0.717, 1.165) is 31.5 Å². The van der Waals surface area contributed by atoms with Crippen LogP contribution in [-0.2, 0) is 0 Å². The van der Waals surface area contributed by atoms with Crippen LogP contribution in [0.1, 0.15) is 31.2 Å². The Morgan fingerprint density at radius 3 is 2.43 bits per heavy atom. The van der Waals surface area contributed by atoms with Crippen molar-refractivity contribution in [2.45, 2.75) is 19.8 Å². The molecule has 0 saturated carbocycles. The number of nitrogens with zero attached hydrogens (tertiary/aromatic N) is 6. The summed E-state index contributed by atoms with van der Waals surface area (Å²) < 4.78 is 5.65. The molecule has 3 aromatic rings. The third-order valence-corrected chi connectivity index (χ3v) is 4.75. The van der Waals surface area contributed by atoms with Crippen molar-refractivity contribution in [1.29, 1.82) is 10.5 Å². The van der Waals surface area contributed by atoms with E-state index in [1.807, 2.05) is 43.3 Å². The minimum Gasteiger partial charge on any atom is -0.477 e. The number of ether oxygens (including phenoxy) is 1. The maximum absolute atomic E-state index is 9.93. The zero-order chi connectivity index (χ0) is 19.5. The van der Waals surface area contributed by atoms with E-state index in [9.17, 15) is 10.5 Å². The smallest absolute Gasteiger partial charge is 0.236 e. The van der Waals surface area contributed by atoms with Crippen molar-refractivity contribution < 1.29 is 4.74 Å². The van der Waals surface area contributed by atoms with Gasteiger partial charge < -0.3 is 9.64 Å². The maximum atomic E-state index is 9.93. The first-order valence-corrected chi connectivity index (χ1v) is 9.26. The van der Waals surface area contributed by atoms with E-state index in [4.69, 9.17) is 4.74 Å². The van der Waals surface area contributed by atoms with Crippen LogP contribution in [0.2, 0.25) is 0 Å². The fourth-order valence-corrected chi connectivity index (χ4v) is 3.57. The molecule has 2 aromatic heterocycles. The van der Waals surface area contributed by atoms with Crippen LogP contribution in [0.15, 0.2) is 30.3 Å². The number of pyridine rings is 1. The van der Waals surface area contributed by atoms with Crippen LogP contribution >= 0.6 is 0 Å². The second-order valence-electron chi connectivity index (χ2n) is 6.45. The second kappa shape index (κ2) is 7.50. The summed E-state index contributed by atoms with van der Waals surface area (Å²) in [4.78, 5) is 15.5. The maximum Gasteiger partial charge on any atom is 0.236 e. The van der Waals surface area contributed by atoms with E-state index < -0.39 is 0 Å². The number of rotatable bonds is 4. The van der Waals surface area contributed by atoms with E-state index in [1.54, 1.807) is 0 Å². The molecule has 4 rings (SSSR count). The van der Waals surface area contributed by atoms with Crippen molar-refractivity contribution in [1.82, 2.24) is 15.0 Å². The molecule has 0 aliphatic carbocycles. The lowest BCUT2D eigenvalue weighted by molar-refractivity contribution is 0.327. The lowest BCUT2D eigenvalue weighted by atomic mass is 9.97. The number of fused-ring (bicyclic) bond motifs is 1. The van der Waals surface area contributed by atoms with E-state index >= 15 is 0 Å². The molecule has 0 N–H and O–H groups in total. The summed E-state index contributed by atoms with van der Waals surface area (Å²) >= 11 is 0. The van der Waals surface area contributed by atoms with Gasteiger partial charge in [0.25, 0.3) is 0 Å². The standard InChI is InChI=1S/C21H18N6O/c1-2-28-21-15(12-22)17(14-8-4-3-5-9-14)18-19(26-21)24-16(13-23)25-20(18)27-10-6-7-11-27/h3-5,8-9H,2,6-7,10-11H2,1H3. The van der Waals surface area contributed by atoms with E-state index in [0.29, 0.717) is 34.6 Å². The molecule has 1 aliphatic rings. The van der Waals surface area contributed by atoms with Gasteiger partial charge in [-0.1, -0.05) is 30.3 Å². The number of hydrogen-bond donors (Lipinski definition) is 0. The highest BCUT2D eigenvalue weighted by atomic mass is 16.5. The van der Waals surface area contributed by atoms with Crippen LogP contribution in [0.5, 0.6) is 5.88 Å². The molecule has 28 heavy (non-hydrogen) atoms. The fraction of sp³-hybridized carbons (Fsp3) is 0.286. The molecule has 0 atom stereocenters. The van der Waals surface area contributed by atoms with E-state index in [2.05, 4.69) is 25.9 Å². The largest absolute Gasteiger partial charge is 0.477 e. The summed E-state index contributed by atoms with van der Waals surface area (Å²) in [6.45, 7) is 3.91. The van der Waals surface area contributed by atoms with Crippen LogP contribution in [-0.4, -0.2) is 34.6 Å². The molecule has 3 heterocycles. The minimum atomic E-state index is 0.0630. The Morgan fingerprint density at radius 1 is 1.04 bits per heavy atom. The van der Waals surface area contributed by atoms with Gasteiger partial charge in [-0.15, -0.1) is 0 Å². The first-order chi connectivity index (χ1) is 13.8. The highest BCUT2D eigenvalue weighted by molar-refractivity contribution is 6.03. The van der Waals surface area contributed by atoms with Gasteiger partial charge in [0, 0.05) is 18.7 Å². The molecular weight excluding hydrogens is 352 g/mol. The molecule has 7 nitrogen and oxygen atoms in total. The number of nitriles is 2. The predicted molar refractivity (Wildman–Crippen MR) is 105 cm³/mol. The van der Waals surface area contributed by atoms with Crippen LogP contribution in [0.3, 0.4) is 0 Å². The number of aromatic nitrogens is 3. The fourth-order valence-electron chi connectivity index (χ4n) is 3.57. The SMILES string of the molecule is CCOc1nc2nc(C#N)nc(N3CCCC3)c2c(-c2ccccc2)c1C#N. The van der Waals surface area contributed by atoms with Gasteiger partial charge >= 0.3 is 0 Å². The summed E-state index contributed by atoms with van der Waals surface area (Å²) in [5, 5.41) is 20.0. The Hall–Kier alpha value is -3.71. The van der Waals surface area contributed by atoms with Gasteiger partial charge in [0.15, 0.2) is 5.65 Å². The average molecular weight is 370 g/mol. The summed E-state index contributed by atoms with van der Waals surface area (Å²) in [5.41, 5.74) is 2.29. The predicted octanol–water partition coefficient (Wildman–Crippen LogP) is 3.43. The second-order valence-corrected chi connectivity index (χ2v) is 6.45. The van der Waals surface area contributed by atoms with Gasteiger partial charge in [0.05, 0.1) is 12.0 Å². The molecule has 0 spiro atoms. The van der Waals surface area contributed by atoms with E-state index in [-0.39, 0.29) is 11.7 Å². The summed E-state index contributed by atoms with van der Waals surface area (Å²) in [6, 6.07) is 13.9. The molecule has 7 heteroatoms. The van der Waals surface area contributed by atoms with Crippen LogP contribution in [0.4, 0.5) is 5.82 Å². The molecule has 0 amide bonds. The van der Waals surface area contributed by atoms with Gasteiger partial charge in [-0.3, -0.25) is 0 Å².